The monoisotopic (exact) mass is 395 g/mol. The Morgan fingerprint density at radius 2 is 2.00 bits per heavy atom. The molecule has 0 spiro atoms. The average Bonchev–Trinajstić information content (AvgIpc) is 2.93. The van der Waals surface area contributed by atoms with Gasteiger partial charge in [0, 0.05) is 31.7 Å². The van der Waals surface area contributed by atoms with Gasteiger partial charge in [-0.1, -0.05) is 24.9 Å². The molecule has 3 N–H and O–H groups in total. The molecule has 0 aliphatic carbocycles. The Morgan fingerprint density at radius 1 is 1.29 bits per heavy atom. The lowest BCUT2D eigenvalue weighted by Gasteiger charge is -2.24. The van der Waals surface area contributed by atoms with E-state index in [-0.39, 0.29) is 6.04 Å². The number of ether oxygens (including phenoxy) is 1. The number of aliphatic imine (C=N–C) groups is 1. The van der Waals surface area contributed by atoms with Gasteiger partial charge in [0.2, 0.25) is 0 Å². The zero-order chi connectivity index (χ0) is 21.2. The summed E-state index contributed by atoms with van der Waals surface area (Å²) in [7, 11) is 1.74. The van der Waals surface area contributed by atoms with E-state index in [2.05, 4.69) is 33.0 Å². The number of hydrogen-bond donors (Lipinski definition) is 3. The molecule has 0 saturated carbocycles. The Hall–Kier alpha value is -2.25. The van der Waals surface area contributed by atoms with Crippen LogP contribution in [0.25, 0.3) is 0 Å². The lowest BCUT2D eigenvalue weighted by molar-refractivity contribution is 0.0523. The fourth-order valence-corrected chi connectivity index (χ4v) is 2.75. The van der Waals surface area contributed by atoms with Crippen LogP contribution >= 0.6 is 0 Å². The van der Waals surface area contributed by atoms with Crippen LogP contribution < -0.4 is 16.0 Å². The van der Waals surface area contributed by atoms with Gasteiger partial charge >= 0.3 is 6.09 Å². The molecule has 8 nitrogen and oxygen atoms in total. The Kier molecular flexibility index (Phi) is 9.82. The molecule has 0 radical (unpaired) electrons. The van der Waals surface area contributed by atoms with E-state index in [0.717, 1.165) is 42.7 Å². The molecule has 0 aliphatic rings. The number of carbonyl (C=O) groups is 1. The van der Waals surface area contributed by atoms with Crippen molar-refractivity contribution in [2.75, 3.05) is 20.1 Å². The van der Waals surface area contributed by atoms with Gasteiger partial charge in [-0.05, 0) is 47.5 Å². The van der Waals surface area contributed by atoms with Gasteiger partial charge in [-0.25, -0.2) is 4.79 Å². The first-order valence-electron chi connectivity index (χ1n) is 10.0. The van der Waals surface area contributed by atoms with Crippen LogP contribution in [0.5, 0.6) is 0 Å². The van der Waals surface area contributed by atoms with Crippen molar-refractivity contribution in [3.05, 3.63) is 17.0 Å². The summed E-state index contributed by atoms with van der Waals surface area (Å²) in [5.74, 6) is 1.56. The Labute approximate surface area is 168 Å². The Balaban J connectivity index is 2.53. The number of guanidine groups is 1. The van der Waals surface area contributed by atoms with Crippen molar-refractivity contribution in [3.63, 3.8) is 0 Å². The molecule has 28 heavy (non-hydrogen) atoms. The molecular formula is C20H37N5O3. The van der Waals surface area contributed by atoms with Gasteiger partial charge in [-0.3, -0.25) is 4.99 Å². The molecule has 0 fully saturated rings. The number of alkyl carbamates (subject to hydrolysis) is 1. The standard InChI is InChI=1S/C20H37N5O3/c1-8-9-10-16(13-23-19(26)27-20(4,5)6)24-18(21-7)22-12-11-17-14(2)25-28-15(17)3/h16H,8-13H2,1-7H3,(H,23,26)(H2,21,22,24). The molecule has 1 unspecified atom stereocenters. The number of aromatic nitrogens is 1. The molecule has 1 rings (SSSR count). The smallest absolute Gasteiger partial charge is 0.407 e. The highest BCUT2D eigenvalue weighted by molar-refractivity contribution is 5.80. The van der Waals surface area contributed by atoms with E-state index >= 15 is 0 Å². The second-order valence-electron chi connectivity index (χ2n) is 7.92. The van der Waals surface area contributed by atoms with Crippen molar-refractivity contribution in [1.29, 1.82) is 0 Å². The van der Waals surface area contributed by atoms with Gasteiger partial charge in [-0.2, -0.15) is 0 Å². The summed E-state index contributed by atoms with van der Waals surface area (Å²) >= 11 is 0. The molecule has 0 saturated heterocycles. The summed E-state index contributed by atoms with van der Waals surface area (Å²) in [6.45, 7) is 12.8. The first-order valence-corrected chi connectivity index (χ1v) is 10.0. The molecule has 0 bridgehead atoms. The third-order valence-electron chi connectivity index (χ3n) is 4.21. The summed E-state index contributed by atoms with van der Waals surface area (Å²) in [6.07, 6.45) is 3.47. The Morgan fingerprint density at radius 3 is 2.54 bits per heavy atom. The first-order chi connectivity index (χ1) is 13.2. The number of hydrogen-bond acceptors (Lipinski definition) is 5. The number of carbonyl (C=O) groups excluding carboxylic acids is 1. The van der Waals surface area contributed by atoms with E-state index in [9.17, 15) is 4.79 Å². The summed E-state index contributed by atoms with van der Waals surface area (Å²) in [5, 5.41) is 13.5. The van der Waals surface area contributed by atoms with Gasteiger partial charge in [0.1, 0.15) is 11.4 Å². The highest BCUT2D eigenvalue weighted by Crippen LogP contribution is 2.12. The number of aryl methyl sites for hydroxylation is 2. The normalized spacial score (nSPS) is 13.2. The fourth-order valence-electron chi connectivity index (χ4n) is 2.75. The number of nitrogens with one attached hydrogen (secondary N) is 3. The number of nitrogens with zero attached hydrogens (tertiary/aromatic N) is 2. The van der Waals surface area contributed by atoms with Crippen LogP contribution in [-0.4, -0.2) is 49.0 Å². The van der Waals surface area contributed by atoms with Crippen LogP contribution in [0.4, 0.5) is 4.79 Å². The van der Waals surface area contributed by atoms with E-state index in [1.165, 1.54) is 0 Å². The van der Waals surface area contributed by atoms with Gasteiger partial charge in [-0.15, -0.1) is 0 Å². The molecule has 1 amide bonds. The maximum Gasteiger partial charge on any atom is 0.407 e. The summed E-state index contributed by atoms with van der Waals surface area (Å²) < 4.78 is 10.5. The molecule has 1 heterocycles. The SMILES string of the molecule is CCCCC(CNC(=O)OC(C)(C)C)NC(=NC)NCCc1c(C)noc1C. The minimum atomic E-state index is -0.508. The van der Waals surface area contributed by atoms with E-state index in [4.69, 9.17) is 9.26 Å². The van der Waals surface area contributed by atoms with Crippen molar-refractivity contribution in [2.24, 2.45) is 4.99 Å². The van der Waals surface area contributed by atoms with Crippen molar-refractivity contribution in [2.45, 2.75) is 78.9 Å². The van der Waals surface area contributed by atoms with Crippen LogP contribution in [-0.2, 0) is 11.2 Å². The number of amides is 1. The lowest BCUT2D eigenvalue weighted by atomic mass is 10.1. The second kappa shape index (κ2) is 11.6. The van der Waals surface area contributed by atoms with E-state index in [1.807, 2.05) is 34.6 Å². The molecule has 1 atom stereocenters. The van der Waals surface area contributed by atoms with Gasteiger partial charge in [0.25, 0.3) is 0 Å². The molecule has 1 aromatic heterocycles. The average molecular weight is 396 g/mol. The van der Waals surface area contributed by atoms with Crippen LogP contribution in [0.2, 0.25) is 0 Å². The topological polar surface area (TPSA) is 101 Å². The van der Waals surface area contributed by atoms with E-state index in [0.29, 0.717) is 19.0 Å². The molecule has 8 heteroatoms. The summed E-state index contributed by atoms with van der Waals surface area (Å²) in [4.78, 5) is 16.2. The lowest BCUT2D eigenvalue weighted by Crippen LogP contribution is -2.49. The van der Waals surface area contributed by atoms with Gasteiger partial charge in [0.15, 0.2) is 5.96 Å². The third-order valence-corrected chi connectivity index (χ3v) is 4.21. The first kappa shape index (κ1) is 23.8. The maximum absolute atomic E-state index is 11.9. The molecule has 0 aliphatic heterocycles. The number of unbranched alkanes of at least 4 members (excludes halogenated alkanes) is 1. The zero-order valence-corrected chi connectivity index (χ0v) is 18.4. The van der Waals surface area contributed by atoms with Crippen LogP contribution in [0.3, 0.4) is 0 Å². The minimum absolute atomic E-state index is 0.0673. The van der Waals surface area contributed by atoms with Crippen LogP contribution in [0, 0.1) is 13.8 Å². The van der Waals surface area contributed by atoms with Gasteiger partial charge in [0.05, 0.1) is 5.69 Å². The predicted octanol–water partition coefficient (Wildman–Crippen LogP) is 3.08. The highest BCUT2D eigenvalue weighted by Gasteiger charge is 2.18. The largest absolute Gasteiger partial charge is 0.444 e. The number of rotatable bonds is 9. The van der Waals surface area contributed by atoms with E-state index in [1.54, 1.807) is 7.05 Å². The third kappa shape index (κ3) is 9.10. The quantitative estimate of drug-likeness (QED) is 0.439. The predicted molar refractivity (Wildman–Crippen MR) is 112 cm³/mol. The van der Waals surface area contributed by atoms with Crippen molar-refractivity contribution in [1.82, 2.24) is 21.1 Å². The molecule has 0 aromatic carbocycles. The fraction of sp³-hybridized carbons (Fsp3) is 0.750. The highest BCUT2D eigenvalue weighted by atomic mass is 16.6. The maximum atomic E-state index is 11.9. The van der Waals surface area contributed by atoms with Gasteiger partial charge < -0.3 is 25.2 Å². The van der Waals surface area contributed by atoms with Crippen molar-refractivity contribution < 1.29 is 14.1 Å². The molecule has 160 valence electrons. The van der Waals surface area contributed by atoms with Crippen LogP contribution in [0.1, 0.15) is 64.0 Å². The molecule has 1 aromatic rings. The zero-order valence-electron chi connectivity index (χ0n) is 18.4. The van der Waals surface area contributed by atoms with Crippen LogP contribution in [0.15, 0.2) is 9.52 Å². The summed E-state index contributed by atoms with van der Waals surface area (Å²) in [6, 6.07) is 0.0673. The van der Waals surface area contributed by atoms with E-state index < -0.39 is 11.7 Å². The summed E-state index contributed by atoms with van der Waals surface area (Å²) in [5.41, 5.74) is 1.54. The minimum Gasteiger partial charge on any atom is -0.444 e. The second-order valence-corrected chi connectivity index (χ2v) is 7.92. The molecular weight excluding hydrogens is 358 g/mol. The van der Waals surface area contributed by atoms with Crippen molar-refractivity contribution in [3.8, 4) is 0 Å². The Bertz CT molecular complexity index is 615. The van der Waals surface area contributed by atoms with Crippen molar-refractivity contribution >= 4 is 12.1 Å².